The maximum Gasteiger partial charge on any atom is 0.258 e. The van der Waals surface area contributed by atoms with Crippen molar-refractivity contribution in [1.82, 2.24) is 24.5 Å². The van der Waals surface area contributed by atoms with Gasteiger partial charge in [-0.2, -0.15) is 10.2 Å². The molecule has 0 unspecified atom stereocenters. The van der Waals surface area contributed by atoms with E-state index in [1.165, 1.54) is 12.5 Å². The molecule has 2 aromatic carbocycles. The van der Waals surface area contributed by atoms with Crippen molar-refractivity contribution in [3.63, 3.8) is 0 Å². The Labute approximate surface area is 153 Å². The minimum absolute atomic E-state index is 0.244. The standard InChI is InChI=1S/C18H13ClN6O/c19-14-2-1-3-17(8-14)24-10-13(9-21-24)18(26)23-15-4-6-16(7-5-15)25-12-20-11-22-25/h1-12H,(H,23,26). The average Bonchev–Trinajstić information content (AvgIpc) is 3.35. The molecule has 4 rings (SSSR count). The van der Waals surface area contributed by atoms with Crippen molar-refractivity contribution in [1.29, 1.82) is 0 Å². The Kier molecular flexibility index (Phi) is 4.20. The number of nitrogens with one attached hydrogen (secondary N) is 1. The maximum atomic E-state index is 12.4. The normalized spacial score (nSPS) is 10.7. The number of aromatic nitrogens is 5. The molecule has 7 nitrogen and oxygen atoms in total. The molecule has 1 N–H and O–H groups in total. The van der Waals surface area contributed by atoms with Crippen molar-refractivity contribution in [2.45, 2.75) is 0 Å². The molecule has 0 aliphatic rings. The number of benzene rings is 2. The van der Waals surface area contributed by atoms with Crippen LogP contribution in [0.3, 0.4) is 0 Å². The van der Waals surface area contributed by atoms with E-state index in [1.807, 2.05) is 24.3 Å². The summed E-state index contributed by atoms with van der Waals surface area (Å²) in [5.74, 6) is -0.244. The van der Waals surface area contributed by atoms with E-state index in [-0.39, 0.29) is 5.91 Å². The molecule has 0 radical (unpaired) electrons. The minimum Gasteiger partial charge on any atom is -0.322 e. The first kappa shape index (κ1) is 16.0. The van der Waals surface area contributed by atoms with Crippen molar-refractivity contribution in [2.24, 2.45) is 0 Å². The van der Waals surface area contributed by atoms with Gasteiger partial charge in [0.1, 0.15) is 12.7 Å². The largest absolute Gasteiger partial charge is 0.322 e. The number of halogens is 1. The summed E-state index contributed by atoms with van der Waals surface area (Å²) in [6, 6.07) is 14.6. The Morgan fingerprint density at radius 2 is 1.85 bits per heavy atom. The predicted octanol–water partition coefficient (Wildman–Crippen LogP) is 3.36. The molecular formula is C18H13ClN6O. The van der Waals surface area contributed by atoms with Crippen LogP contribution in [0.4, 0.5) is 5.69 Å². The third-order valence-corrected chi connectivity index (χ3v) is 3.96. The summed E-state index contributed by atoms with van der Waals surface area (Å²) in [5.41, 5.74) is 2.77. The molecule has 8 heteroatoms. The molecule has 2 heterocycles. The number of hydrogen-bond donors (Lipinski definition) is 1. The van der Waals surface area contributed by atoms with Crippen LogP contribution in [-0.4, -0.2) is 30.5 Å². The Hall–Kier alpha value is -3.45. The number of carbonyl (C=O) groups excluding carboxylic acids is 1. The lowest BCUT2D eigenvalue weighted by Gasteiger charge is -2.05. The van der Waals surface area contributed by atoms with Crippen molar-refractivity contribution in [3.05, 3.63) is 84.2 Å². The number of carbonyl (C=O) groups is 1. The van der Waals surface area contributed by atoms with E-state index in [1.54, 1.807) is 46.2 Å². The quantitative estimate of drug-likeness (QED) is 0.602. The van der Waals surface area contributed by atoms with Gasteiger partial charge in [-0.3, -0.25) is 4.79 Å². The summed E-state index contributed by atoms with van der Waals surface area (Å²) in [6.45, 7) is 0. The first-order valence-electron chi connectivity index (χ1n) is 7.76. The summed E-state index contributed by atoms with van der Waals surface area (Å²) in [5, 5.41) is 11.7. The summed E-state index contributed by atoms with van der Waals surface area (Å²) in [7, 11) is 0. The fourth-order valence-electron chi connectivity index (χ4n) is 2.44. The number of nitrogens with zero attached hydrogens (tertiary/aromatic N) is 5. The van der Waals surface area contributed by atoms with Crippen LogP contribution in [0.2, 0.25) is 5.02 Å². The number of rotatable bonds is 4. The zero-order chi connectivity index (χ0) is 17.9. The highest BCUT2D eigenvalue weighted by molar-refractivity contribution is 6.30. The average molecular weight is 365 g/mol. The van der Waals surface area contributed by atoms with Gasteiger partial charge in [0, 0.05) is 16.9 Å². The van der Waals surface area contributed by atoms with E-state index >= 15 is 0 Å². The second-order valence-electron chi connectivity index (χ2n) is 5.49. The van der Waals surface area contributed by atoms with Gasteiger partial charge < -0.3 is 5.32 Å². The molecular weight excluding hydrogens is 352 g/mol. The maximum absolute atomic E-state index is 12.4. The van der Waals surface area contributed by atoms with Crippen LogP contribution < -0.4 is 5.32 Å². The van der Waals surface area contributed by atoms with Crippen LogP contribution in [-0.2, 0) is 0 Å². The van der Waals surface area contributed by atoms with Gasteiger partial charge in [0.15, 0.2) is 0 Å². The van der Waals surface area contributed by atoms with Crippen LogP contribution in [0.1, 0.15) is 10.4 Å². The predicted molar refractivity (Wildman–Crippen MR) is 97.9 cm³/mol. The third-order valence-electron chi connectivity index (χ3n) is 3.73. The van der Waals surface area contributed by atoms with Crippen molar-refractivity contribution >= 4 is 23.2 Å². The lowest BCUT2D eigenvalue weighted by molar-refractivity contribution is 0.102. The first-order valence-corrected chi connectivity index (χ1v) is 8.14. The van der Waals surface area contributed by atoms with Gasteiger partial charge in [-0.25, -0.2) is 14.3 Å². The van der Waals surface area contributed by atoms with E-state index < -0.39 is 0 Å². The minimum atomic E-state index is -0.244. The SMILES string of the molecule is O=C(Nc1ccc(-n2cncn2)cc1)c1cnn(-c2cccc(Cl)c2)c1. The molecule has 1 amide bonds. The highest BCUT2D eigenvalue weighted by atomic mass is 35.5. The monoisotopic (exact) mass is 364 g/mol. The van der Waals surface area contributed by atoms with Crippen LogP contribution in [0.5, 0.6) is 0 Å². The molecule has 0 atom stereocenters. The fraction of sp³-hybridized carbons (Fsp3) is 0. The van der Waals surface area contributed by atoms with E-state index in [9.17, 15) is 4.79 Å². The van der Waals surface area contributed by atoms with Gasteiger partial charge in [-0.15, -0.1) is 0 Å². The van der Waals surface area contributed by atoms with Crippen molar-refractivity contribution < 1.29 is 4.79 Å². The summed E-state index contributed by atoms with van der Waals surface area (Å²) >= 11 is 5.99. The summed E-state index contributed by atoms with van der Waals surface area (Å²) < 4.78 is 3.25. The van der Waals surface area contributed by atoms with Gasteiger partial charge in [-0.1, -0.05) is 17.7 Å². The van der Waals surface area contributed by atoms with E-state index in [4.69, 9.17) is 11.6 Å². The lowest BCUT2D eigenvalue weighted by atomic mass is 10.2. The van der Waals surface area contributed by atoms with Crippen molar-refractivity contribution in [2.75, 3.05) is 5.32 Å². The number of amides is 1. The molecule has 128 valence electrons. The number of anilines is 1. The second kappa shape index (κ2) is 6.81. The molecule has 0 bridgehead atoms. The zero-order valence-electron chi connectivity index (χ0n) is 13.5. The fourth-order valence-corrected chi connectivity index (χ4v) is 2.63. The lowest BCUT2D eigenvalue weighted by Crippen LogP contribution is -2.11. The molecule has 0 aliphatic carbocycles. The smallest absolute Gasteiger partial charge is 0.258 e. The third kappa shape index (κ3) is 3.33. The highest BCUT2D eigenvalue weighted by Gasteiger charge is 2.10. The Morgan fingerprint density at radius 1 is 1.00 bits per heavy atom. The van der Waals surface area contributed by atoms with Crippen LogP contribution in [0.25, 0.3) is 11.4 Å². The Morgan fingerprint density at radius 3 is 2.58 bits per heavy atom. The zero-order valence-corrected chi connectivity index (χ0v) is 14.2. The van der Waals surface area contributed by atoms with E-state index in [0.717, 1.165) is 11.4 Å². The van der Waals surface area contributed by atoms with Crippen LogP contribution in [0.15, 0.2) is 73.6 Å². The molecule has 0 saturated heterocycles. The molecule has 2 aromatic heterocycles. The van der Waals surface area contributed by atoms with Gasteiger partial charge in [-0.05, 0) is 42.5 Å². The molecule has 0 aliphatic heterocycles. The van der Waals surface area contributed by atoms with Gasteiger partial charge in [0.05, 0.1) is 23.1 Å². The molecule has 0 saturated carbocycles. The molecule has 0 spiro atoms. The van der Waals surface area contributed by atoms with E-state index in [0.29, 0.717) is 16.3 Å². The topological polar surface area (TPSA) is 77.6 Å². The Balaban J connectivity index is 1.48. The van der Waals surface area contributed by atoms with Crippen LogP contribution >= 0.6 is 11.6 Å². The summed E-state index contributed by atoms with van der Waals surface area (Å²) in [6.07, 6.45) is 6.25. The summed E-state index contributed by atoms with van der Waals surface area (Å²) in [4.78, 5) is 16.3. The molecule has 4 aromatic rings. The van der Waals surface area contributed by atoms with E-state index in [2.05, 4.69) is 20.5 Å². The van der Waals surface area contributed by atoms with Crippen molar-refractivity contribution in [3.8, 4) is 11.4 Å². The molecule has 26 heavy (non-hydrogen) atoms. The molecule has 0 fully saturated rings. The van der Waals surface area contributed by atoms with Crippen LogP contribution in [0, 0.1) is 0 Å². The first-order chi connectivity index (χ1) is 12.7. The Bertz CT molecular complexity index is 1040. The van der Waals surface area contributed by atoms with Gasteiger partial charge in [0.2, 0.25) is 0 Å². The van der Waals surface area contributed by atoms with Gasteiger partial charge >= 0.3 is 0 Å². The second-order valence-corrected chi connectivity index (χ2v) is 5.93. The highest BCUT2D eigenvalue weighted by Crippen LogP contribution is 2.16. The number of hydrogen-bond acceptors (Lipinski definition) is 4. The van der Waals surface area contributed by atoms with Gasteiger partial charge in [0.25, 0.3) is 5.91 Å².